The molecular weight excluding hydrogens is 188 g/mol. The van der Waals surface area contributed by atoms with Crippen molar-refractivity contribution in [3.8, 4) is 0 Å². The van der Waals surface area contributed by atoms with Crippen molar-refractivity contribution in [2.75, 3.05) is 13.1 Å². The van der Waals surface area contributed by atoms with E-state index in [0.29, 0.717) is 6.04 Å². The fraction of sp³-hybridized carbons (Fsp3) is 0.818. The molecule has 4 heteroatoms. The third-order valence-corrected chi connectivity index (χ3v) is 4.17. The van der Waals surface area contributed by atoms with Crippen LogP contribution in [0.1, 0.15) is 24.6 Å². The van der Waals surface area contributed by atoms with Crippen LogP contribution in [0.5, 0.6) is 0 Å². The number of aromatic nitrogens is 3. The fourth-order valence-electron chi connectivity index (χ4n) is 3.17. The molecule has 4 nitrogen and oxygen atoms in total. The lowest BCUT2D eigenvalue weighted by Crippen LogP contribution is -2.27. The lowest BCUT2D eigenvalue weighted by atomic mass is 10.3. The highest BCUT2D eigenvalue weighted by Crippen LogP contribution is 2.56. The van der Waals surface area contributed by atoms with Crippen molar-refractivity contribution in [3.05, 3.63) is 11.9 Å². The van der Waals surface area contributed by atoms with Crippen molar-refractivity contribution in [2.24, 2.45) is 11.8 Å². The molecule has 3 fully saturated rings. The van der Waals surface area contributed by atoms with Crippen molar-refractivity contribution < 1.29 is 0 Å². The molecule has 15 heavy (non-hydrogen) atoms. The second-order valence-electron chi connectivity index (χ2n) is 5.34. The van der Waals surface area contributed by atoms with Crippen LogP contribution in [-0.4, -0.2) is 39.0 Å². The van der Waals surface area contributed by atoms with Crippen LogP contribution in [0.3, 0.4) is 0 Å². The van der Waals surface area contributed by atoms with Crippen LogP contribution in [0, 0.1) is 18.8 Å². The Labute approximate surface area is 89.3 Å². The van der Waals surface area contributed by atoms with E-state index in [-0.39, 0.29) is 0 Å². The summed E-state index contributed by atoms with van der Waals surface area (Å²) in [7, 11) is 0. The molecule has 0 bridgehead atoms. The number of rotatable bonds is 2. The molecule has 1 aromatic rings. The number of fused-ring (bicyclic) bond motifs is 1. The number of nitrogens with zero attached hydrogens (tertiary/aromatic N) is 4. The van der Waals surface area contributed by atoms with Gasteiger partial charge in [0, 0.05) is 37.2 Å². The van der Waals surface area contributed by atoms with Gasteiger partial charge in [0.2, 0.25) is 0 Å². The predicted molar refractivity (Wildman–Crippen MR) is 55.4 cm³/mol. The summed E-state index contributed by atoms with van der Waals surface area (Å²) < 4.78 is 2.09. The minimum atomic E-state index is 0.668. The van der Waals surface area contributed by atoms with Gasteiger partial charge in [-0.15, -0.1) is 5.10 Å². The van der Waals surface area contributed by atoms with E-state index in [1.54, 1.807) is 0 Å². The highest BCUT2D eigenvalue weighted by Gasteiger charge is 2.59. The first kappa shape index (κ1) is 8.28. The van der Waals surface area contributed by atoms with Crippen molar-refractivity contribution in [2.45, 2.75) is 31.8 Å². The Balaban J connectivity index is 1.48. The van der Waals surface area contributed by atoms with Crippen LogP contribution >= 0.6 is 0 Å². The van der Waals surface area contributed by atoms with Gasteiger partial charge in [0.25, 0.3) is 0 Å². The van der Waals surface area contributed by atoms with Gasteiger partial charge in [-0.3, -0.25) is 4.90 Å². The molecule has 0 radical (unpaired) electrons. The molecule has 2 aliphatic carbocycles. The summed E-state index contributed by atoms with van der Waals surface area (Å²) in [5.41, 5.74) is 1.04. The fourth-order valence-corrected chi connectivity index (χ4v) is 3.17. The number of piperidine rings is 1. The van der Waals surface area contributed by atoms with E-state index in [1.807, 2.05) is 6.92 Å². The predicted octanol–water partition coefficient (Wildman–Crippen LogP) is 0.852. The molecule has 3 aliphatic rings. The van der Waals surface area contributed by atoms with Crippen LogP contribution in [0.15, 0.2) is 6.20 Å². The summed E-state index contributed by atoms with van der Waals surface area (Å²) in [6.07, 6.45) is 4.96. The van der Waals surface area contributed by atoms with Gasteiger partial charge in [-0.2, -0.15) is 0 Å². The number of hydrogen-bond donors (Lipinski definition) is 0. The van der Waals surface area contributed by atoms with E-state index in [9.17, 15) is 0 Å². The van der Waals surface area contributed by atoms with E-state index in [4.69, 9.17) is 0 Å². The van der Waals surface area contributed by atoms with Gasteiger partial charge >= 0.3 is 0 Å². The molecule has 2 heterocycles. The van der Waals surface area contributed by atoms with E-state index in [0.717, 1.165) is 23.6 Å². The van der Waals surface area contributed by atoms with Crippen molar-refractivity contribution in [3.63, 3.8) is 0 Å². The molecule has 4 rings (SSSR count). The zero-order valence-corrected chi connectivity index (χ0v) is 9.00. The number of likely N-dealkylation sites (tertiary alicyclic amines) is 1. The SMILES string of the molecule is Cc1cn([C@H]2[C@@H]3CN(C4CC4)C[C@@H]32)nn1. The van der Waals surface area contributed by atoms with Gasteiger partial charge < -0.3 is 0 Å². The Morgan fingerprint density at radius 3 is 2.53 bits per heavy atom. The Morgan fingerprint density at radius 2 is 2.00 bits per heavy atom. The zero-order chi connectivity index (χ0) is 9.99. The lowest BCUT2D eigenvalue weighted by Gasteiger charge is -2.18. The summed E-state index contributed by atoms with van der Waals surface area (Å²) in [5.74, 6) is 1.73. The number of hydrogen-bond acceptors (Lipinski definition) is 3. The average molecular weight is 204 g/mol. The molecule has 0 N–H and O–H groups in total. The van der Waals surface area contributed by atoms with Crippen LogP contribution in [0.2, 0.25) is 0 Å². The maximum atomic E-state index is 4.19. The minimum Gasteiger partial charge on any atom is -0.300 e. The number of aryl methyl sites for hydroxylation is 1. The normalized spacial score (nSPS) is 39.4. The quantitative estimate of drug-likeness (QED) is 0.716. The summed E-state index contributed by atoms with van der Waals surface area (Å²) in [6, 6.07) is 1.61. The summed E-state index contributed by atoms with van der Waals surface area (Å²) in [5, 5.41) is 8.26. The van der Waals surface area contributed by atoms with E-state index in [2.05, 4.69) is 26.1 Å². The maximum absolute atomic E-state index is 4.19. The minimum absolute atomic E-state index is 0.668. The molecule has 1 saturated heterocycles. The Hall–Kier alpha value is -0.900. The summed E-state index contributed by atoms with van der Waals surface area (Å²) in [6.45, 7) is 4.62. The lowest BCUT2D eigenvalue weighted by molar-refractivity contribution is 0.270. The molecule has 80 valence electrons. The molecule has 0 amide bonds. The van der Waals surface area contributed by atoms with Crippen LogP contribution in [0.4, 0.5) is 0 Å². The molecule has 1 aromatic heterocycles. The van der Waals surface area contributed by atoms with E-state index < -0.39 is 0 Å². The standard InChI is InChI=1S/C11H16N4/c1-7-4-15(13-12-7)11-9-5-14(6-10(9)11)8-2-3-8/h4,8-11H,2-3,5-6H2,1H3/t9-,10+,11+. The molecule has 0 spiro atoms. The third kappa shape index (κ3) is 1.17. The third-order valence-electron chi connectivity index (χ3n) is 4.17. The molecular formula is C11H16N4. The second kappa shape index (κ2) is 2.61. The summed E-state index contributed by atoms with van der Waals surface area (Å²) >= 11 is 0. The van der Waals surface area contributed by atoms with Crippen molar-refractivity contribution in [1.29, 1.82) is 0 Å². The topological polar surface area (TPSA) is 34.0 Å². The second-order valence-corrected chi connectivity index (χ2v) is 5.34. The van der Waals surface area contributed by atoms with Crippen LogP contribution in [0.25, 0.3) is 0 Å². The maximum Gasteiger partial charge on any atom is 0.0796 e. The van der Waals surface area contributed by atoms with Gasteiger partial charge in [0.05, 0.1) is 11.7 Å². The smallest absolute Gasteiger partial charge is 0.0796 e. The molecule has 0 aromatic carbocycles. The van der Waals surface area contributed by atoms with Gasteiger partial charge in [-0.1, -0.05) is 5.21 Å². The van der Waals surface area contributed by atoms with Gasteiger partial charge in [0.15, 0.2) is 0 Å². The molecule has 0 unspecified atom stereocenters. The molecule has 3 atom stereocenters. The Bertz CT molecular complexity index is 383. The first-order valence-electron chi connectivity index (χ1n) is 5.95. The molecule has 1 aliphatic heterocycles. The average Bonchev–Trinajstić information content (AvgIpc) is 3.10. The van der Waals surface area contributed by atoms with Gasteiger partial charge in [-0.05, 0) is 19.8 Å². The first-order valence-corrected chi connectivity index (χ1v) is 5.95. The van der Waals surface area contributed by atoms with Gasteiger partial charge in [-0.25, -0.2) is 4.68 Å². The summed E-state index contributed by atoms with van der Waals surface area (Å²) in [4.78, 5) is 2.68. The van der Waals surface area contributed by atoms with E-state index in [1.165, 1.54) is 25.9 Å². The Kier molecular flexibility index (Phi) is 1.44. The van der Waals surface area contributed by atoms with Crippen molar-refractivity contribution in [1.82, 2.24) is 19.9 Å². The van der Waals surface area contributed by atoms with Crippen molar-refractivity contribution >= 4 is 0 Å². The first-order chi connectivity index (χ1) is 7.33. The van der Waals surface area contributed by atoms with E-state index >= 15 is 0 Å². The van der Waals surface area contributed by atoms with Crippen LogP contribution < -0.4 is 0 Å². The highest BCUT2D eigenvalue weighted by atomic mass is 15.5. The monoisotopic (exact) mass is 204 g/mol. The molecule has 2 saturated carbocycles. The Morgan fingerprint density at radius 1 is 1.27 bits per heavy atom. The van der Waals surface area contributed by atoms with Gasteiger partial charge in [0.1, 0.15) is 0 Å². The zero-order valence-electron chi connectivity index (χ0n) is 9.00. The largest absolute Gasteiger partial charge is 0.300 e. The van der Waals surface area contributed by atoms with Crippen LogP contribution in [-0.2, 0) is 0 Å². The highest BCUT2D eigenvalue weighted by molar-refractivity contribution is 5.11.